The van der Waals surface area contributed by atoms with Gasteiger partial charge in [-0.1, -0.05) is 0 Å². The summed E-state index contributed by atoms with van der Waals surface area (Å²) in [6.07, 6.45) is 3.73. The second-order valence-electron chi connectivity index (χ2n) is 8.10. The molecule has 0 spiro atoms. The van der Waals surface area contributed by atoms with Crippen LogP contribution in [0, 0.1) is 24.0 Å². The molecule has 1 aromatic heterocycles. The summed E-state index contributed by atoms with van der Waals surface area (Å²) in [4.78, 5) is 23.4. The molecule has 0 atom stereocenters. The molecule has 166 valence electrons. The molecule has 2 heterocycles. The number of hydrogen-bond donors (Lipinski definition) is 0. The first-order chi connectivity index (χ1) is 14.7. The van der Waals surface area contributed by atoms with Crippen molar-refractivity contribution >= 4 is 21.5 Å². The van der Waals surface area contributed by atoms with Gasteiger partial charge in [-0.2, -0.15) is 4.31 Å². The molecule has 0 N–H and O–H groups in total. The summed E-state index contributed by atoms with van der Waals surface area (Å²) in [5, 5.41) is 11.5. The number of Topliss-reactive ketones (excluding diaryl/α,β-unsaturated/α-hetero) is 1. The monoisotopic (exact) mass is 447 g/mol. The Balaban J connectivity index is 1.54. The zero-order chi connectivity index (χ0) is 22.3. The van der Waals surface area contributed by atoms with Crippen LogP contribution in [0.4, 0.5) is 5.69 Å². The maximum atomic E-state index is 12.7. The molecule has 10 heteroatoms. The fraction of sp³-hybridized carbons (Fsp3) is 0.476. The lowest BCUT2D eigenvalue weighted by atomic mass is 10.1. The van der Waals surface area contributed by atoms with Gasteiger partial charge in [-0.05, 0) is 57.7 Å². The molecule has 0 bridgehead atoms. The third-order valence-corrected chi connectivity index (χ3v) is 7.78. The average molecular weight is 448 g/mol. The van der Waals surface area contributed by atoms with Gasteiger partial charge >= 0.3 is 5.69 Å². The number of nitro benzene ring substituents is 1. The van der Waals surface area contributed by atoms with Crippen molar-refractivity contribution in [3.05, 3.63) is 51.3 Å². The van der Waals surface area contributed by atoms with E-state index in [1.807, 2.05) is 19.9 Å². The number of sulfonamides is 1. The Labute approximate surface area is 180 Å². The quantitative estimate of drug-likeness (QED) is 0.348. The molecule has 1 saturated heterocycles. The number of rotatable bonds is 8. The second kappa shape index (κ2) is 8.08. The van der Waals surface area contributed by atoms with Gasteiger partial charge in [0.1, 0.15) is 0 Å². The first-order valence-corrected chi connectivity index (χ1v) is 11.8. The molecular weight excluding hydrogens is 422 g/mol. The molecule has 9 nitrogen and oxygen atoms in total. The summed E-state index contributed by atoms with van der Waals surface area (Å²) in [5.41, 5.74) is 1.94. The van der Waals surface area contributed by atoms with Gasteiger partial charge in [0.2, 0.25) is 15.8 Å². The number of carbonyl (C=O) groups excluding carboxylic acids is 1. The van der Waals surface area contributed by atoms with Gasteiger partial charge in [-0.15, -0.1) is 0 Å². The third kappa shape index (κ3) is 4.09. The predicted molar refractivity (Wildman–Crippen MR) is 113 cm³/mol. The van der Waals surface area contributed by atoms with E-state index in [4.69, 9.17) is 4.74 Å². The molecule has 2 aromatic rings. The summed E-state index contributed by atoms with van der Waals surface area (Å²) in [6, 6.07) is 5.81. The number of ketones is 1. The van der Waals surface area contributed by atoms with Crippen LogP contribution in [-0.4, -0.2) is 47.7 Å². The number of aromatic nitrogens is 1. The van der Waals surface area contributed by atoms with E-state index < -0.39 is 20.6 Å². The molecule has 1 aliphatic heterocycles. The number of ether oxygens (including phenoxy) is 1. The van der Waals surface area contributed by atoms with Gasteiger partial charge in [-0.25, -0.2) is 8.42 Å². The molecule has 1 aromatic carbocycles. The number of nitrogens with zero attached hydrogens (tertiary/aromatic N) is 3. The lowest BCUT2D eigenvalue weighted by Gasteiger charge is -2.15. The highest BCUT2D eigenvalue weighted by atomic mass is 32.2. The third-order valence-electron chi connectivity index (χ3n) is 5.89. The van der Waals surface area contributed by atoms with Crippen molar-refractivity contribution in [2.75, 3.05) is 19.7 Å². The predicted octanol–water partition coefficient (Wildman–Crippen LogP) is 3.39. The van der Waals surface area contributed by atoms with E-state index in [9.17, 15) is 23.3 Å². The first kappa shape index (κ1) is 21.5. The molecule has 0 unspecified atom stereocenters. The average Bonchev–Trinajstić information content (AvgIpc) is 3.29. The topological polar surface area (TPSA) is 112 Å². The zero-order valence-corrected chi connectivity index (χ0v) is 18.4. The van der Waals surface area contributed by atoms with Gasteiger partial charge in [0.25, 0.3) is 0 Å². The number of carbonyl (C=O) groups is 1. The Kier molecular flexibility index (Phi) is 5.61. The first-order valence-electron chi connectivity index (χ1n) is 10.3. The molecule has 2 fully saturated rings. The van der Waals surface area contributed by atoms with Crippen LogP contribution in [0.25, 0.3) is 0 Å². The normalized spacial score (nSPS) is 17.1. The molecule has 1 aliphatic carbocycles. The molecule has 31 heavy (non-hydrogen) atoms. The second-order valence-corrected chi connectivity index (χ2v) is 10.0. The maximum absolute atomic E-state index is 12.7. The highest BCUT2D eigenvalue weighted by molar-refractivity contribution is 7.89. The van der Waals surface area contributed by atoms with Crippen molar-refractivity contribution in [3.63, 3.8) is 0 Å². The van der Waals surface area contributed by atoms with E-state index in [1.54, 1.807) is 0 Å². The maximum Gasteiger partial charge on any atom is 0.312 e. The molecule has 2 aliphatic rings. The minimum Gasteiger partial charge on any atom is -0.478 e. The number of nitro groups is 1. The summed E-state index contributed by atoms with van der Waals surface area (Å²) < 4.78 is 34.4. The largest absolute Gasteiger partial charge is 0.478 e. The molecular formula is C21H25N3O6S. The van der Waals surface area contributed by atoms with Crippen LogP contribution in [0.15, 0.2) is 29.2 Å². The Morgan fingerprint density at radius 2 is 1.87 bits per heavy atom. The van der Waals surface area contributed by atoms with Crippen LogP contribution in [0.1, 0.15) is 53.5 Å². The van der Waals surface area contributed by atoms with E-state index in [-0.39, 0.29) is 23.0 Å². The van der Waals surface area contributed by atoms with Gasteiger partial charge < -0.3 is 9.30 Å². The fourth-order valence-corrected chi connectivity index (χ4v) is 5.71. The van der Waals surface area contributed by atoms with Gasteiger partial charge in [0, 0.05) is 42.1 Å². The van der Waals surface area contributed by atoms with E-state index in [0.29, 0.717) is 24.7 Å². The Morgan fingerprint density at radius 3 is 2.48 bits per heavy atom. The van der Waals surface area contributed by atoms with Crippen molar-refractivity contribution < 1.29 is 22.9 Å². The fourth-order valence-electron chi connectivity index (χ4n) is 4.17. The molecule has 1 saturated carbocycles. The van der Waals surface area contributed by atoms with Gasteiger partial charge in [0.15, 0.2) is 12.4 Å². The highest BCUT2D eigenvalue weighted by Gasteiger charge is 2.31. The van der Waals surface area contributed by atoms with E-state index in [0.717, 1.165) is 43.1 Å². The van der Waals surface area contributed by atoms with Crippen LogP contribution in [0.5, 0.6) is 5.75 Å². The van der Waals surface area contributed by atoms with Crippen molar-refractivity contribution in [2.24, 2.45) is 0 Å². The van der Waals surface area contributed by atoms with Crippen molar-refractivity contribution in [1.29, 1.82) is 0 Å². The van der Waals surface area contributed by atoms with Gasteiger partial charge in [0.05, 0.1) is 9.82 Å². The Morgan fingerprint density at radius 1 is 1.19 bits per heavy atom. The van der Waals surface area contributed by atoms with E-state index in [1.165, 1.54) is 16.4 Å². The van der Waals surface area contributed by atoms with Crippen LogP contribution in [-0.2, 0) is 10.0 Å². The van der Waals surface area contributed by atoms with E-state index >= 15 is 0 Å². The van der Waals surface area contributed by atoms with E-state index in [2.05, 4.69) is 4.57 Å². The zero-order valence-electron chi connectivity index (χ0n) is 17.5. The Bertz CT molecular complexity index is 1140. The Hall–Kier alpha value is -2.72. The van der Waals surface area contributed by atoms with Crippen LogP contribution < -0.4 is 4.74 Å². The molecule has 4 rings (SSSR count). The summed E-state index contributed by atoms with van der Waals surface area (Å²) >= 11 is 0. The summed E-state index contributed by atoms with van der Waals surface area (Å²) in [6.45, 7) is 4.28. The van der Waals surface area contributed by atoms with Crippen molar-refractivity contribution in [2.45, 2.75) is 50.5 Å². The highest BCUT2D eigenvalue weighted by Crippen LogP contribution is 2.38. The van der Waals surface area contributed by atoms with Crippen molar-refractivity contribution in [1.82, 2.24) is 8.87 Å². The van der Waals surface area contributed by atoms with Crippen LogP contribution in [0.2, 0.25) is 0 Å². The lowest BCUT2D eigenvalue weighted by molar-refractivity contribution is -0.386. The summed E-state index contributed by atoms with van der Waals surface area (Å²) in [7, 11) is -3.79. The lowest BCUT2D eigenvalue weighted by Crippen LogP contribution is -2.27. The van der Waals surface area contributed by atoms with Crippen LogP contribution >= 0.6 is 0 Å². The smallest absolute Gasteiger partial charge is 0.312 e. The minimum absolute atomic E-state index is 0.130. The number of aryl methyl sites for hydroxylation is 1. The number of benzene rings is 1. The van der Waals surface area contributed by atoms with Gasteiger partial charge in [-0.3, -0.25) is 14.9 Å². The standard InChI is InChI=1S/C21H25N3O6S/c1-14-11-18(15(2)23(14)16-5-6-16)20(25)13-30-21-8-7-17(12-19(21)24(26)27)31(28,29)22-9-3-4-10-22/h7-8,11-12,16H,3-6,9-10,13H2,1-2H3. The molecule has 0 radical (unpaired) electrons. The molecule has 0 amide bonds. The van der Waals surface area contributed by atoms with Crippen LogP contribution in [0.3, 0.4) is 0 Å². The summed E-state index contributed by atoms with van der Waals surface area (Å²) in [5.74, 6) is -0.405. The van der Waals surface area contributed by atoms with Crippen molar-refractivity contribution in [3.8, 4) is 5.75 Å². The minimum atomic E-state index is -3.79. The SMILES string of the molecule is Cc1cc(C(=O)COc2ccc(S(=O)(=O)N3CCCC3)cc2[N+](=O)[O-])c(C)n1C1CC1. The number of hydrogen-bond acceptors (Lipinski definition) is 6.